The first-order valence-corrected chi connectivity index (χ1v) is 7.55. The van der Waals surface area contributed by atoms with Gasteiger partial charge in [-0.25, -0.2) is 4.79 Å². The molecule has 2 aromatic carbocycles. The molecule has 0 unspecified atom stereocenters. The molecule has 0 saturated carbocycles. The van der Waals surface area contributed by atoms with Gasteiger partial charge >= 0.3 is 5.97 Å². The SMILES string of the molecule is CCOC(=O)c1ccccc1Oc1ccc(SC)cc1. The Bertz CT molecular complexity index is 579. The lowest BCUT2D eigenvalue weighted by molar-refractivity contribution is 0.0523. The minimum absolute atomic E-state index is 0.343. The first kappa shape index (κ1) is 14.5. The van der Waals surface area contributed by atoms with Crippen LogP contribution >= 0.6 is 11.8 Å². The molecule has 0 aromatic heterocycles. The Labute approximate surface area is 122 Å². The second kappa shape index (κ2) is 7.01. The molecule has 0 amide bonds. The maximum Gasteiger partial charge on any atom is 0.341 e. The van der Waals surface area contributed by atoms with E-state index in [1.54, 1.807) is 36.9 Å². The van der Waals surface area contributed by atoms with Gasteiger partial charge in [0.05, 0.1) is 6.61 Å². The van der Waals surface area contributed by atoms with Crippen LogP contribution in [0.5, 0.6) is 11.5 Å². The third-order valence-electron chi connectivity index (χ3n) is 2.67. The maximum absolute atomic E-state index is 11.9. The third kappa shape index (κ3) is 3.54. The fourth-order valence-corrected chi connectivity index (χ4v) is 2.11. The summed E-state index contributed by atoms with van der Waals surface area (Å²) in [4.78, 5) is 13.0. The largest absolute Gasteiger partial charge is 0.462 e. The molecule has 0 aliphatic rings. The first-order valence-electron chi connectivity index (χ1n) is 6.32. The number of esters is 1. The molecule has 2 rings (SSSR count). The Morgan fingerprint density at radius 2 is 1.80 bits per heavy atom. The monoisotopic (exact) mass is 288 g/mol. The smallest absolute Gasteiger partial charge is 0.341 e. The normalized spacial score (nSPS) is 10.1. The Morgan fingerprint density at radius 3 is 2.45 bits per heavy atom. The first-order chi connectivity index (χ1) is 9.74. The molecule has 20 heavy (non-hydrogen) atoms. The van der Waals surface area contributed by atoms with E-state index in [2.05, 4.69) is 0 Å². The van der Waals surface area contributed by atoms with Crippen molar-refractivity contribution in [2.75, 3.05) is 12.9 Å². The minimum atomic E-state index is -0.371. The molecule has 0 radical (unpaired) electrons. The van der Waals surface area contributed by atoms with Gasteiger partial charge in [0, 0.05) is 4.90 Å². The molecule has 0 saturated heterocycles. The molecule has 0 aliphatic heterocycles. The molecule has 0 heterocycles. The molecular formula is C16H16O3S. The molecule has 0 spiro atoms. The summed E-state index contributed by atoms with van der Waals surface area (Å²) in [6.45, 7) is 2.12. The van der Waals surface area contributed by atoms with Gasteiger partial charge in [-0.2, -0.15) is 0 Å². The number of ether oxygens (including phenoxy) is 2. The van der Waals surface area contributed by atoms with Crippen molar-refractivity contribution in [1.29, 1.82) is 0 Å². The summed E-state index contributed by atoms with van der Waals surface area (Å²) < 4.78 is 10.8. The highest BCUT2D eigenvalue weighted by Crippen LogP contribution is 2.27. The average Bonchev–Trinajstić information content (AvgIpc) is 2.49. The van der Waals surface area contributed by atoms with E-state index < -0.39 is 0 Å². The molecule has 104 valence electrons. The molecule has 4 heteroatoms. The van der Waals surface area contributed by atoms with Crippen molar-refractivity contribution >= 4 is 17.7 Å². The summed E-state index contributed by atoms with van der Waals surface area (Å²) in [5.41, 5.74) is 0.434. The predicted octanol–water partition coefficient (Wildman–Crippen LogP) is 4.38. The van der Waals surface area contributed by atoms with Crippen molar-refractivity contribution in [3.8, 4) is 11.5 Å². The zero-order valence-corrected chi connectivity index (χ0v) is 12.3. The van der Waals surface area contributed by atoms with Crippen molar-refractivity contribution < 1.29 is 14.3 Å². The number of hydrogen-bond acceptors (Lipinski definition) is 4. The van der Waals surface area contributed by atoms with E-state index in [4.69, 9.17) is 9.47 Å². The van der Waals surface area contributed by atoms with E-state index in [0.29, 0.717) is 23.7 Å². The number of benzene rings is 2. The average molecular weight is 288 g/mol. The van der Waals surface area contributed by atoms with E-state index in [0.717, 1.165) is 4.90 Å². The number of carbonyl (C=O) groups excluding carboxylic acids is 1. The number of rotatable bonds is 5. The van der Waals surface area contributed by atoms with Crippen LogP contribution in [0.1, 0.15) is 17.3 Å². The third-order valence-corrected chi connectivity index (χ3v) is 3.41. The van der Waals surface area contributed by atoms with Crippen LogP contribution in [0.2, 0.25) is 0 Å². The molecule has 0 bridgehead atoms. The van der Waals surface area contributed by atoms with Gasteiger partial charge in [-0.15, -0.1) is 11.8 Å². The highest BCUT2D eigenvalue weighted by atomic mass is 32.2. The minimum Gasteiger partial charge on any atom is -0.462 e. The number of hydrogen-bond donors (Lipinski definition) is 0. The molecule has 3 nitrogen and oxygen atoms in total. The van der Waals surface area contributed by atoms with Crippen LogP contribution < -0.4 is 4.74 Å². The van der Waals surface area contributed by atoms with Crippen LogP contribution in [-0.4, -0.2) is 18.8 Å². The van der Waals surface area contributed by atoms with Gasteiger partial charge in [0.15, 0.2) is 0 Å². The Balaban J connectivity index is 2.21. The lowest BCUT2D eigenvalue weighted by atomic mass is 10.2. The van der Waals surface area contributed by atoms with Crippen molar-refractivity contribution in [2.45, 2.75) is 11.8 Å². The van der Waals surface area contributed by atoms with E-state index in [-0.39, 0.29) is 5.97 Å². The summed E-state index contributed by atoms with van der Waals surface area (Å²) in [6.07, 6.45) is 2.02. The predicted molar refractivity (Wildman–Crippen MR) is 80.7 cm³/mol. The molecule has 0 fully saturated rings. The topological polar surface area (TPSA) is 35.5 Å². The molecular weight excluding hydrogens is 272 g/mol. The number of carbonyl (C=O) groups is 1. The molecule has 2 aromatic rings. The Morgan fingerprint density at radius 1 is 1.10 bits per heavy atom. The van der Waals surface area contributed by atoms with Gasteiger partial charge in [0.2, 0.25) is 0 Å². The van der Waals surface area contributed by atoms with Crippen LogP contribution in [-0.2, 0) is 4.74 Å². The van der Waals surface area contributed by atoms with Crippen LogP contribution in [0.15, 0.2) is 53.4 Å². The molecule has 0 N–H and O–H groups in total. The van der Waals surface area contributed by atoms with Crippen LogP contribution in [0.4, 0.5) is 0 Å². The van der Waals surface area contributed by atoms with Crippen LogP contribution in [0, 0.1) is 0 Å². The number of thioether (sulfide) groups is 1. The zero-order valence-electron chi connectivity index (χ0n) is 11.5. The summed E-state index contributed by atoms with van der Waals surface area (Å²) in [5, 5.41) is 0. The van der Waals surface area contributed by atoms with Gasteiger partial charge in [-0.1, -0.05) is 12.1 Å². The van der Waals surface area contributed by atoms with Crippen molar-refractivity contribution in [3.63, 3.8) is 0 Å². The van der Waals surface area contributed by atoms with E-state index in [1.165, 1.54) is 0 Å². The quantitative estimate of drug-likeness (QED) is 0.604. The lowest BCUT2D eigenvalue weighted by Gasteiger charge is -2.10. The summed E-state index contributed by atoms with van der Waals surface area (Å²) >= 11 is 1.67. The summed E-state index contributed by atoms with van der Waals surface area (Å²) in [5.74, 6) is 0.825. The highest BCUT2D eigenvalue weighted by molar-refractivity contribution is 7.98. The Hall–Kier alpha value is -1.94. The van der Waals surface area contributed by atoms with Gasteiger partial charge in [-0.05, 0) is 49.6 Å². The van der Waals surface area contributed by atoms with Gasteiger partial charge in [0.1, 0.15) is 17.1 Å². The van der Waals surface area contributed by atoms with Crippen LogP contribution in [0.25, 0.3) is 0 Å². The maximum atomic E-state index is 11.9. The highest BCUT2D eigenvalue weighted by Gasteiger charge is 2.13. The Kier molecular flexibility index (Phi) is 5.07. The van der Waals surface area contributed by atoms with Gasteiger partial charge in [0.25, 0.3) is 0 Å². The summed E-state index contributed by atoms with van der Waals surface area (Å²) in [6, 6.07) is 14.8. The van der Waals surface area contributed by atoms with Gasteiger partial charge < -0.3 is 9.47 Å². The number of para-hydroxylation sites is 1. The lowest BCUT2D eigenvalue weighted by Crippen LogP contribution is -2.06. The van der Waals surface area contributed by atoms with E-state index in [9.17, 15) is 4.79 Å². The van der Waals surface area contributed by atoms with Crippen molar-refractivity contribution in [3.05, 3.63) is 54.1 Å². The van der Waals surface area contributed by atoms with E-state index >= 15 is 0 Å². The second-order valence-electron chi connectivity index (χ2n) is 3.99. The van der Waals surface area contributed by atoms with Crippen LogP contribution in [0.3, 0.4) is 0 Å². The van der Waals surface area contributed by atoms with Gasteiger partial charge in [-0.3, -0.25) is 0 Å². The standard InChI is InChI=1S/C16H16O3S/c1-3-18-16(17)14-6-4-5-7-15(14)19-12-8-10-13(20-2)11-9-12/h4-11H,3H2,1-2H3. The molecule has 0 aliphatic carbocycles. The second-order valence-corrected chi connectivity index (χ2v) is 4.87. The molecule has 0 atom stereocenters. The fourth-order valence-electron chi connectivity index (χ4n) is 1.70. The van der Waals surface area contributed by atoms with Crippen molar-refractivity contribution in [2.24, 2.45) is 0 Å². The fraction of sp³-hybridized carbons (Fsp3) is 0.188. The zero-order chi connectivity index (χ0) is 14.4. The van der Waals surface area contributed by atoms with Crippen molar-refractivity contribution in [1.82, 2.24) is 0 Å². The van der Waals surface area contributed by atoms with E-state index in [1.807, 2.05) is 36.6 Å². The summed E-state index contributed by atoms with van der Waals surface area (Å²) in [7, 11) is 0.